The molecule has 0 bridgehead atoms. The first-order valence-corrected chi connectivity index (χ1v) is 17.2. The van der Waals surface area contributed by atoms with Gasteiger partial charge in [-0.15, -0.1) is 0 Å². The minimum Gasteiger partial charge on any atom is -0.480 e. The average molecular weight is 633 g/mol. The van der Waals surface area contributed by atoms with E-state index in [1.54, 1.807) is 12.1 Å². The lowest BCUT2D eigenvalue weighted by Crippen LogP contribution is -2.50. The number of aliphatic carboxylic acids is 1. The second-order valence-corrected chi connectivity index (χ2v) is 14.1. The van der Waals surface area contributed by atoms with Crippen LogP contribution in [-0.4, -0.2) is 87.6 Å². The van der Waals surface area contributed by atoms with Crippen LogP contribution >= 0.6 is 0 Å². The number of carbonyl (C=O) groups is 2. The number of piperidine rings is 1. The quantitative estimate of drug-likeness (QED) is 0.232. The molecule has 10 heteroatoms. The number of carboxylic acid groups (broad SMARTS) is 1. The van der Waals surface area contributed by atoms with Crippen molar-refractivity contribution in [3.8, 4) is 0 Å². The highest BCUT2D eigenvalue weighted by atomic mass is 16.6. The van der Waals surface area contributed by atoms with Gasteiger partial charge in [0.25, 0.3) is 5.69 Å². The maximum atomic E-state index is 13.4. The molecule has 1 amide bonds. The van der Waals surface area contributed by atoms with E-state index in [4.69, 9.17) is 4.74 Å². The van der Waals surface area contributed by atoms with Crippen molar-refractivity contribution in [2.24, 2.45) is 17.8 Å². The Balaban J connectivity index is 1.08. The zero-order chi connectivity index (χ0) is 32.2. The highest BCUT2D eigenvalue weighted by Crippen LogP contribution is 2.41. The molecule has 46 heavy (non-hydrogen) atoms. The third kappa shape index (κ3) is 7.55. The highest BCUT2D eigenvalue weighted by molar-refractivity contribution is 5.74. The summed E-state index contributed by atoms with van der Waals surface area (Å²) in [6, 6.07) is 16.6. The molecule has 0 aromatic heterocycles. The number of hydrogen-bond donors (Lipinski definition) is 1. The highest BCUT2D eigenvalue weighted by Gasteiger charge is 2.46. The average Bonchev–Trinajstić information content (AvgIpc) is 3.64. The fourth-order valence-corrected chi connectivity index (χ4v) is 8.39. The molecule has 10 nitrogen and oxygen atoms in total. The van der Waals surface area contributed by atoms with Gasteiger partial charge in [-0.2, -0.15) is 0 Å². The Morgan fingerprint density at radius 1 is 1.00 bits per heavy atom. The summed E-state index contributed by atoms with van der Waals surface area (Å²) in [5.74, 6) is 0.647. The fourth-order valence-electron chi connectivity index (χ4n) is 8.39. The van der Waals surface area contributed by atoms with Crippen LogP contribution in [0.5, 0.6) is 0 Å². The van der Waals surface area contributed by atoms with E-state index < -0.39 is 16.9 Å². The zero-order valence-corrected chi connectivity index (χ0v) is 26.9. The van der Waals surface area contributed by atoms with Gasteiger partial charge < -0.3 is 19.6 Å². The number of ether oxygens (including phenoxy) is 1. The van der Waals surface area contributed by atoms with E-state index in [0.29, 0.717) is 17.8 Å². The molecule has 2 saturated heterocycles. The molecule has 2 saturated carbocycles. The molecule has 0 spiro atoms. The normalized spacial score (nSPS) is 26.8. The van der Waals surface area contributed by atoms with Crippen LogP contribution in [0.4, 0.5) is 10.5 Å². The number of hydrogen-bond acceptors (Lipinski definition) is 7. The summed E-state index contributed by atoms with van der Waals surface area (Å²) >= 11 is 0. The SMILES string of the molecule is CC1CC1N(C(=O)OCc1ccc([N+](=O)[O-])cc1)C1CCN(CC2CN(C(C(=O)O)C3CCCCC3)CC2c2ccccc2)CC1. The van der Waals surface area contributed by atoms with Crippen LogP contribution < -0.4 is 0 Å². The summed E-state index contributed by atoms with van der Waals surface area (Å²) in [5.41, 5.74) is 2.04. The first-order valence-electron chi connectivity index (χ1n) is 17.2. The van der Waals surface area contributed by atoms with Crippen LogP contribution in [0.15, 0.2) is 54.6 Å². The minimum absolute atomic E-state index is 0.0154. The van der Waals surface area contributed by atoms with Gasteiger partial charge in [0, 0.05) is 62.9 Å². The van der Waals surface area contributed by atoms with Crippen molar-refractivity contribution in [3.05, 3.63) is 75.8 Å². The van der Waals surface area contributed by atoms with Crippen molar-refractivity contribution in [1.82, 2.24) is 14.7 Å². The Morgan fingerprint density at radius 2 is 1.67 bits per heavy atom. The van der Waals surface area contributed by atoms with E-state index in [0.717, 1.165) is 83.2 Å². The van der Waals surface area contributed by atoms with Crippen LogP contribution in [0.25, 0.3) is 0 Å². The molecule has 5 unspecified atom stereocenters. The largest absolute Gasteiger partial charge is 0.480 e. The number of non-ortho nitro benzene ring substituents is 1. The summed E-state index contributed by atoms with van der Waals surface area (Å²) in [6.07, 6.45) is 7.92. The molecule has 1 N–H and O–H groups in total. The van der Waals surface area contributed by atoms with Crippen LogP contribution in [0.2, 0.25) is 0 Å². The zero-order valence-electron chi connectivity index (χ0n) is 26.9. The van der Waals surface area contributed by atoms with Gasteiger partial charge in [0.15, 0.2) is 0 Å². The number of likely N-dealkylation sites (tertiary alicyclic amines) is 2. The molecule has 2 heterocycles. The number of nitro benzene ring substituents is 1. The van der Waals surface area contributed by atoms with Gasteiger partial charge in [-0.1, -0.05) is 56.5 Å². The number of nitro groups is 1. The van der Waals surface area contributed by atoms with Crippen molar-refractivity contribution >= 4 is 17.7 Å². The lowest BCUT2D eigenvalue weighted by Gasteiger charge is -2.39. The second-order valence-electron chi connectivity index (χ2n) is 14.1. The molecular formula is C36H48N4O6. The van der Waals surface area contributed by atoms with Gasteiger partial charge in [0.05, 0.1) is 4.92 Å². The number of carboxylic acids is 1. The lowest BCUT2D eigenvalue weighted by atomic mass is 9.83. The van der Waals surface area contributed by atoms with Crippen molar-refractivity contribution in [2.45, 2.75) is 88.9 Å². The Morgan fingerprint density at radius 3 is 2.28 bits per heavy atom. The Kier molecular flexibility index (Phi) is 10.2. The molecule has 4 fully saturated rings. The van der Waals surface area contributed by atoms with Crippen LogP contribution in [0.3, 0.4) is 0 Å². The first-order chi connectivity index (χ1) is 22.3. The number of nitrogens with zero attached hydrogens (tertiary/aromatic N) is 4. The standard InChI is InChI=1S/C36H48N4O6/c1-25-20-33(25)39(36(43)46-24-26-12-14-31(15-13-26)40(44)45)30-16-18-37(19-17-30)21-29-22-38(23-32(29)27-8-4-2-5-9-27)34(35(41)42)28-10-6-3-7-11-28/h2,4-5,8-9,12-15,25,28-30,32-34H,3,6-7,10-11,16-24H2,1H3,(H,41,42). The van der Waals surface area contributed by atoms with E-state index in [2.05, 4.69) is 41.0 Å². The Labute approximate surface area is 271 Å². The maximum Gasteiger partial charge on any atom is 0.410 e. The van der Waals surface area contributed by atoms with E-state index in [1.165, 1.54) is 24.1 Å². The third-order valence-electron chi connectivity index (χ3n) is 11.0. The van der Waals surface area contributed by atoms with Crippen molar-refractivity contribution in [2.75, 3.05) is 32.7 Å². The topological polar surface area (TPSA) is 116 Å². The number of amides is 1. The van der Waals surface area contributed by atoms with Crippen LogP contribution in [0, 0.1) is 27.9 Å². The van der Waals surface area contributed by atoms with Gasteiger partial charge in [-0.25, -0.2) is 4.79 Å². The Bertz CT molecular complexity index is 1340. The van der Waals surface area contributed by atoms with Crippen molar-refractivity contribution in [1.29, 1.82) is 0 Å². The second kappa shape index (κ2) is 14.5. The monoisotopic (exact) mass is 632 g/mol. The van der Waals surface area contributed by atoms with Gasteiger partial charge >= 0.3 is 12.1 Å². The first kappa shape index (κ1) is 32.4. The van der Waals surface area contributed by atoms with Crippen LogP contribution in [0.1, 0.15) is 75.3 Å². The van der Waals surface area contributed by atoms with E-state index >= 15 is 0 Å². The summed E-state index contributed by atoms with van der Waals surface area (Å²) in [6.45, 7) is 6.54. The maximum absolute atomic E-state index is 13.4. The molecule has 6 rings (SSSR count). The summed E-state index contributed by atoms with van der Waals surface area (Å²) < 4.78 is 5.74. The summed E-state index contributed by atoms with van der Waals surface area (Å²) in [4.78, 5) is 43.3. The molecule has 2 aliphatic carbocycles. The number of benzene rings is 2. The predicted octanol–water partition coefficient (Wildman–Crippen LogP) is 6.16. The number of carbonyl (C=O) groups excluding carboxylic acids is 1. The lowest BCUT2D eigenvalue weighted by molar-refractivity contribution is -0.384. The van der Waals surface area contributed by atoms with Crippen molar-refractivity contribution in [3.63, 3.8) is 0 Å². The van der Waals surface area contributed by atoms with Gasteiger partial charge in [0.2, 0.25) is 0 Å². The fraction of sp³-hybridized carbons (Fsp3) is 0.611. The molecule has 0 radical (unpaired) electrons. The van der Waals surface area contributed by atoms with Gasteiger partial charge in [0.1, 0.15) is 12.6 Å². The molecule has 2 aliphatic heterocycles. The molecular weight excluding hydrogens is 584 g/mol. The van der Waals surface area contributed by atoms with E-state index in [1.807, 2.05) is 11.0 Å². The van der Waals surface area contributed by atoms with Crippen molar-refractivity contribution < 1.29 is 24.4 Å². The summed E-state index contributed by atoms with van der Waals surface area (Å²) in [5, 5.41) is 21.3. The smallest absolute Gasteiger partial charge is 0.410 e. The Hall–Kier alpha value is -3.50. The van der Waals surface area contributed by atoms with Crippen LogP contribution in [-0.2, 0) is 16.1 Å². The molecule has 248 valence electrons. The van der Waals surface area contributed by atoms with Gasteiger partial charge in [-0.05, 0) is 73.1 Å². The number of rotatable bonds is 11. The van der Waals surface area contributed by atoms with E-state index in [9.17, 15) is 24.8 Å². The summed E-state index contributed by atoms with van der Waals surface area (Å²) in [7, 11) is 0. The third-order valence-corrected chi connectivity index (χ3v) is 11.0. The molecule has 5 atom stereocenters. The van der Waals surface area contributed by atoms with E-state index in [-0.39, 0.29) is 36.4 Å². The minimum atomic E-state index is -0.671. The predicted molar refractivity (Wildman–Crippen MR) is 174 cm³/mol. The van der Waals surface area contributed by atoms with Gasteiger partial charge in [-0.3, -0.25) is 19.8 Å². The molecule has 2 aromatic carbocycles. The molecule has 2 aromatic rings. The molecule has 4 aliphatic rings.